The van der Waals surface area contributed by atoms with E-state index in [1.807, 2.05) is 12.1 Å². The highest BCUT2D eigenvalue weighted by molar-refractivity contribution is 6.39. The van der Waals surface area contributed by atoms with Gasteiger partial charge in [-0.05, 0) is 35.0 Å². The quantitative estimate of drug-likeness (QED) is 0.223. The monoisotopic (exact) mass is 476 g/mol. The molecule has 0 bridgehead atoms. The summed E-state index contributed by atoms with van der Waals surface area (Å²) < 4.78 is 0. The van der Waals surface area contributed by atoms with E-state index in [9.17, 15) is 39.9 Å². The molecule has 5 rings (SSSR count). The van der Waals surface area contributed by atoms with Crippen LogP contribution in [0.1, 0.15) is 52.6 Å². The van der Waals surface area contributed by atoms with Crippen LogP contribution in [0.3, 0.4) is 0 Å². The number of fused-ring (bicyclic) bond motifs is 2. The fraction of sp³-hybridized carbons (Fsp3) is 0. The van der Waals surface area contributed by atoms with E-state index < -0.39 is 29.3 Å². The van der Waals surface area contributed by atoms with Crippen molar-refractivity contribution in [3.05, 3.63) is 69.8 Å². The zero-order valence-corrected chi connectivity index (χ0v) is 18.0. The van der Waals surface area contributed by atoms with E-state index in [0.717, 1.165) is 6.07 Å². The first-order valence-electron chi connectivity index (χ1n) is 10.3. The first kappa shape index (κ1) is 22.1. The van der Waals surface area contributed by atoms with E-state index in [4.69, 9.17) is 11.5 Å². The summed E-state index contributed by atoms with van der Waals surface area (Å²) in [6.07, 6.45) is 0. The van der Waals surface area contributed by atoms with Gasteiger partial charge in [0.15, 0.2) is 0 Å². The third kappa shape index (κ3) is 2.70. The number of primary amides is 2. The molecule has 0 radical (unpaired) electrons. The number of hydrogen-bond acceptors (Lipinski definition) is 6. The van der Waals surface area contributed by atoms with Crippen LogP contribution in [0.15, 0.2) is 36.4 Å². The SMILES string of the molecule is N#Cc1cc(C(N)=O)c2c(C(N)=O)ccc3c4c(C#N)cc(C(=O)O)c5c(C(=O)O)ccc(c1c23)c54. The number of carboxylic acids is 2. The predicted molar refractivity (Wildman–Crippen MR) is 128 cm³/mol. The van der Waals surface area contributed by atoms with Gasteiger partial charge in [-0.1, -0.05) is 12.1 Å². The highest BCUT2D eigenvalue weighted by atomic mass is 16.4. The largest absolute Gasteiger partial charge is 0.478 e. The van der Waals surface area contributed by atoms with Crippen LogP contribution in [0.4, 0.5) is 0 Å². The standard InChI is InChI=1S/C26H12N4O6/c27-7-9-5-15(24(30)32)19-13(23(29)31)3-1-11-18-10(8-28)6-16(26(35)36)20-14(25(33)34)4-2-12(22(18)20)17(9)21(11)19/h1-6H,(H2,29,31)(H2,30,32)(H,33,34)(H,35,36). The van der Waals surface area contributed by atoms with Crippen molar-refractivity contribution in [1.82, 2.24) is 0 Å². The Labute approximate surface area is 200 Å². The molecule has 0 aromatic heterocycles. The number of amides is 2. The van der Waals surface area contributed by atoms with Gasteiger partial charge in [-0.15, -0.1) is 0 Å². The molecule has 0 saturated carbocycles. The number of carbonyl (C=O) groups excluding carboxylic acids is 2. The maximum absolute atomic E-state index is 12.4. The molecule has 0 unspecified atom stereocenters. The number of rotatable bonds is 4. The van der Waals surface area contributed by atoms with Gasteiger partial charge in [-0.3, -0.25) is 9.59 Å². The second kappa shape index (κ2) is 7.38. The summed E-state index contributed by atoms with van der Waals surface area (Å²) in [6, 6.07) is 11.7. The van der Waals surface area contributed by atoms with Crippen molar-refractivity contribution in [3.8, 4) is 12.1 Å². The zero-order chi connectivity index (χ0) is 26.0. The van der Waals surface area contributed by atoms with E-state index >= 15 is 0 Å². The molecule has 0 fully saturated rings. The normalized spacial score (nSPS) is 11.1. The smallest absolute Gasteiger partial charge is 0.336 e. The van der Waals surface area contributed by atoms with Crippen LogP contribution in [0.5, 0.6) is 0 Å². The van der Waals surface area contributed by atoms with Crippen molar-refractivity contribution in [3.63, 3.8) is 0 Å². The lowest BCUT2D eigenvalue weighted by molar-refractivity contribution is 0.0695. The number of nitriles is 2. The van der Waals surface area contributed by atoms with Crippen LogP contribution in [0.25, 0.3) is 43.1 Å². The molecule has 36 heavy (non-hydrogen) atoms. The van der Waals surface area contributed by atoms with Crippen molar-refractivity contribution in [2.75, 3.05) is 0 Å². The van der Waals surface area contributed by atoms with Crippen LogP contribution >= 0.6 is 0 Å². The lowest BCUT2D eigenvalue weighted by atomic mass is 9.81. The van der Waals surface area contributed by atoms with Crippen LogP contribution in [-0.2, 0) is 0 Å². The summed E-state index contributed by atoms with van der Waals surface area (Å²) in [4.78, 5) is 48.8. The van der Waals surface area contributed by atoms with E-state index in [1.54, 1.807) is 0 Å². The highest BCUT2D eigenvalue weighted by Crippen LogP contribution is 2.46. The molecule has 5 aromatic rings. The number of carbonyl (C=O) groups is 4. The minimum atomic E-state index is -1.44. The van der Waals surface area contributed by atoms with Gasteiger partial charge in [0.1, 0.15) is 0 Å². The van der Waals surface area contributed by atoms with Crippen molar-refractivity contribution in [1.29, 1.82) is 10.5 Å². The zero-order valence-electron chi connectivity index (χ0n) is 18.0. The molecular weight excluding hydrogens is 464 g/mol. The molecule has 0 atom stereocenters. The third-order valence-electron chi connectivity index (χ3n) is 6.34. The van der Waals surface area contributed by atoms with Crippen molar-refractivity contribution < 1.29 is 29.4 Å². The summed E-state index contributed by atoms with van der Waals surface area (Å²) in [7, 11) is 0. The Kier molecular flexibility index (Phi) is 4.53. The molecule has 0 spiro atoms. The molecule has 10 nitrogen and oxygen atoms in total. The summed E-state index contributed by atoms with van der Waals surface area (Å²) in [5.41, 5.74) is 10.2. The number of carboxylic acid groups (broad SMARTS) is 2. The molecule has 6 N–H and O–H groups in total. The summed E-state index contributed by atoms with van der Waals surface area (Å²) in [6.45, 7) is 0. The minimum Gasteiger partial charge on any atom is -0.478 e. The fourth-order valence-corrected chi connectivity index (χ4v) is 5.03. The molecule has 0 aliphatic heterocycles. The molecule has 0 saturated heterocycles. The van der Waals surface area contributed by atoms with Crippen LogP contribution in [0.2, 0.25) is 0 Å². The second-order valence-corrected chi connectivity index (χ2v) is 8.08. The topological polar surface area (TPSA) is 208 Å². The minimum absolute atomic E-state index is 0.0200. The number of nitrogens with two attached hydrogens (primary N) is 2. The fourth-order valence-electron chi connectivity index (χ4n) is 5.03. The van der Waals surface area contributed by atoms with Crippen molar-refractivity contribution in [2.45, 2.75) is 0 Å². The molecule has 0 heterocycles. The molecule has 172 valence electrons. The van der Waals surface area contributed by atoms with Gasteiger partial charge in [0.05, 0.1) is 34.4 Å². The average Bonchev–Trinajstić information content (AvgIpc) is 2.84. The Balaban J connectivity index is 2.30. The second-order valence-electron chi connectivity index (χ2n) is 8.08. The molecule has 0 aliphatic rings. The third-order valence-corrected chi connectivity index (χ3v) is 6.34. The number of aromatic carboxylic acids is 2. The van der Waals surface area contributed by atoms with E-state index in [2.05, 4.69) is 0 Å². The molecule has 5 aromatic carbocycles. The highest BCUT2D eigenvalue weighted by Gasteiger charge is 2.28. The maximum atomic E-state index is 12.4. The summed E-state index contributed by atoms with van der Waals surface area (Å²) in [5, 5.41) is 40.9. The first-order chi connectivity index (χ1) is 17.1. The van der Waals surface area contributed by atoms with E-state index in [-0.39, 0.29) is 70.9 Å². The van der Waals surface area contributed by atoms with Gasteiger partial charge < -0.3 is 21.7 Å². The molecule has 0 aliphatic carbocycles. The summed E-state index contributed by atoms with van der Waals surface area (Å²) >= 11 is 0. The van der Waals surface area contributed by atoms with Gasteiger partial charge in [-0.25, -0.2) is 9.59 Å². The van der Waals surface area contributed by atoms with Crippen LogP contribution < -0.4 is 11.5 Å². The van der Waals surface area contributed by atoms with Gasteiger partial charge in [0.25, 0.3) is 0 Å². The molecule has 2 amide bonds. The Morgan fingerprint density at radius 2 is 1.00 bits per heavy atom. The Morgan fingerprint density at radius 1 is 0.583 bits per heavy atom. The number of nitrogens with zero attached hydrogens (tertiary/aromatic N) is 2. The molecule has 10 heteroatoms. The van der Waals surface area contributed by atoms with E-state index in [1.165, 1.54) is 30.3 Å². The van der Waals surface area contributed by atoms with Crippen LogP contribution in [0, 0.1) is 22.7 Å². The lowest BCUT2D eigenvalue weighted by Gasteiger charge is -2.20. The predicted octanol–water partition coefficient (Wildman–Crippen LogP) is 3.07. The van der Waals surface area contributed by atoms with Gasteiger partial charge in [0.2, 0.25) is 11.8 Å². The first-order valence-corrected chi connectivity index (χ1v) is 10.3. The summed E-state index contributed by atoms with van der Waals surface area (Å²) in [5.74, 6) is -4.61. The Hall–Kier alpha value is -5.74. The lowest BCUT2D eigenvalue weighted by Crippen LogP contribution is -2.17. The van der Waals surface area contributed by atoms with Gasteiger partial charge in [0, 0.05) is 43.4 Å². The van der Waals surface area contributed by atoms with Gasteiger partial charge >= 0.3 is 11.9 Å². The average molecular weight is 476 g/mol. The number of hydrogen-bond donors (Lipinski definition) is 4. The van der Waals surface area contributed by atoms with E-state index in [0.29, 0.717) is 0 Å². The van der Waals surface area contributed by atoms with Gasteiger partial charge in [-0.2, -0.15) is 10.5 Å². The Morgan fingerprint density at radius 3 is 1.42 bits per heavy atom. The van der Waals surface area contributed by atoms with Crippen molar-refractivity contribution >= 4 is 66.8 Å². The number of benzene rings is 5. The maximum Gasteiger partial charge on any atom is 0.336 e. The van der Waals surface area contributed by atoms with Crippen LogP contribution in [-0.4, -0.2) is 34.0 Å². The molecular formula is C26H12N4O6. The Bertz CT molecular complexity index is 1830. The van der Waals surface area contributed by atoms with Crippen molar-refractivity contribution in [2.24, 2.45) is 11.5 Å².